The molecule has 10 nitrogen and oxygen atoms in total. The highest BCUT2D eigenvalue weighted by molar-refractivity contribution is 5.60. The monoisotopic (exact) mass is 301 g/mol. The maximum Gasteiger partial charge on any atom is 0.205 e. The number of aromatic nitrogens is 8. The van der Waals surface area contributed by atoms with Crippen LogP contribution in [0.1, 0.15) is 12.7 Å². The lowest BCUT2D eigenvalue weighted by Crippen LogP contribution is -2.06. The number of rotatable bonds is 6. The van der Waals surface area contributed by atoms with Gasteiger partial charge in [-0.3, -0.25) is 10.3 Å². The fraction of sp³-hybridized carbons (Fsp3) is 0.333. The molecule has 0 amide bonds. The zero-order valence-electron chi connectivity index (χ0n) is 12.0. The van der Waals surface area contributed by atoms with E-state index in [4.69, 9.17) is 9.47 Å². The maximum absolute atomic E-state index is 5.54. The van der Waals surface area contributed by atoms with Crippen molar-refractivity contribution in [3.8, 4) is 22.9 Å². The van der Waals surface area contributed by atoms with Crippen molar-refractivity contribution in [2.75, 3.05) is 13.7 Å². The summed E-state index contributed by atoms with van der Waals surface area (Å²) < 4.78 is 10.8. The molecule has 3 rings (SSSR count). The standard InChI is InChI=1S/C12H13N8O2/c1-3-22-10-6-8(4-5-9(10)21-2)12-15-19-20(16-12)7-11-13-17-18-14-11/h4-6H,3,7H2,1-2H3/q-1. The Morgan fingerprint density at radius 1 is 1.23 bits per heavy atom. The second kappa shape index (κ2) is 6.16. The van der Waals surface area contributed by atoms with E-state index in [9.17, 15) is 0 Å². The fourth-order valence-electron chi connectivity index (χ4n) is 1.86. The highest BCUT2D eigenvalue weighted by Crippen LogP contribution is 2.31. The Balaban J connectivity index is 1.84. The third-order valence-corrected chi connectivity index (χ3v) is 2.82. The van der Waals surface area contributed by atoms with Crippen LogP contribution in [0.5, 0.6) is 11.5 Å². The van der Waals surface area contributed by atoms with Crippen molar-refractivity contribution in [3.63, 3.8) is 0 Å². The number of ether oxygens (including phenoxy) is 2. The molecule has 0 aliphatic heterocycles. The van der Waals surface area contributed by atoms with Crippen molar-refractivity contribution in [1.82, 2.24) is 40.8 Å². The molecular weight excluding hydrogens is 288 g/mol. The molecule has 0 atom stereocenters. The van der Waals surface area contributed by atoms with E-state index >= 15 is 0 Å². The van der Waals surface area contributed by atoms with Crippen LogP contribution < -0.4 is 14.6 Å². The lowest BCUT2D eigenvalue weighted by molar-refractivity contribution is 0.311. The van der Waals surface area contributed by atoms with Crippen LogP contribution in [0, 0.1) is 0 Å². The Kier molecular flexibility index (Phi) is 3.90. The summed E-state index contributed by atoms with van der Waals surface area (Å²) in [6.45, 7) is 2.70. The lowest BCUT2D eigenvalue weighted by Gasteiger charge is -2.09. The topological polar surface area (TPSA) is 115 Å². The van der Waals surface area contributed by atoms with Gasteiger partial charge in [-0.15, -0.1) is 10.2 Å². The normalized spacial score (nSPS) is 10.6. The molecule has 0 saturated heterocycles. The van der Waals surface area contributed by atoms with Crippen LogP contribution in [0.4, 0.5) is 0 Å². The average molecular weight is 301 g/mol. The number of tetrazole rings is 2. The fourth-order valence-corrected chi connectivity index (χ4v) is 1.86. The summed E-state index contributed by atoms with van der Waals surface area (Å²) in [5.74, 6) is 2.18. The van der Waals surface area contributed by atoms with Gasteiger partial charge in [-0.1, -0.05) is 0 Å². The number of nitrogens with zero attached hydrogens (tertiary/aromatic N) is 8. The first kappa shape index (κ1) is 13.9. The van der Waals surface area contributed by atoms with Gasteiger partial charge in [0.2, 0.25) is 5.82 Å². The Labute approximate surface area is 125 Å². The first-order valence-electron chi connectivity index (χ1n) is 6.56. The summed E-state index contributed by atoms with van der Waals surface area (Å²) in [5, 5.41) is 26.5. The molecule has 114 valence electrons. The molecule has 0 fully saturated rings. The molecule has 0 spiro atoms. The largest absolute Gasteiger partial charge is 0.493 e. The first-order chi connectivity index (χ1) is 10.8. The lowest BCUT2D eigenvalue weighted by atomic mass is 10.2. The summed E-state index contributed by atoms with van der Waals surface area (Å²) in [6.07, 6.45) is 0. The maximum atomic E-state index is 5.54. The second-order valence-electron chi connectivity index (χ2n) is 4.24. The molecule has 0 saturated carbocycles. The quantitative estimate of drug-likeness (QED) is 0.617. The minimum Gasteiger partial charge on any atom is -0.493 e. The Bertz CT molecular complexity index is 739. The van der Waals surface area contributed by atoms with E-state index < -0.39 is 0 Å². The van der Waals surface area contributed by atoms with Crippen molar-refractivity contribution in [1.29, 1.82) is 0 Å². The molecular formula is C12H13N8O2-. The van der Waals surface area contributed by atoms with Gasteiger partial charge in [-0.2, -0.15) is 10.0 Å². The van der Waals surface area contributed by atoms with Gasteiger partial charge < -0.3 is 14.6 Å². The van der Waals surface area contributed by atoms with Gasteiger partial charge in [0.15, 0.2) is 11.5 Å². The summed E-state index contributed by atoms with van der Waals surface area (Å²) >= 11 is 0. The molecule has 2 aromatic heterocycles. The van der Waals surface area contributed by atoms with Crippen LogP contribution in [0.15, 0.2) is 18.2 Å². The van der Waals surface area contributed by atoms with Crippen LogP contribution in [-0.4, -0.2) is 49.4 Å². The van der Waals surface area contributed by atoms with Gasteiger partial charge in [0.1, 0.15) is 0 Å². The average Bonchev–Trinajstić information content (AvgIpc) is 3.20. The highest BCUT2D eigenvalue weighted by Gasteiger charge is 2.11. The summed E-state index contributed by atoms with van der Waals surface area (Å²) in [5.41, 5.74) is 0.773. The van der Waals surface area contributed by atoms with E-state index in [1.165, 1.54) is 4.80 Å². The molecule has 2 heterocycles. The van der Waals surface area contributed by atoms with Gasteiger partial charge in [0.05, 0.1) is 20.3 Å². The number of benzene rings is 1. The zero-order chi connectivity index (χ0) is 15.4. The smallest absolute Gasteiger partial charge is 0.205 e. The molecule has 0 unspecified atom stereocenters. The van der Waals surface area contributed by atoms with Crippen molar-refractivity contribution in [3.05, 3.63) is 24.0 Å². The van der Waals surface area contributed by atoms with E-state index in [-0.39, 0.29) is 6.54 Å². The number of hydrogen-bond donors (Lipinski definition) is 0. The Morgan fingerprint density at radius 2 is 2.14 bits per heavy atom. The van der Waals surface area contributed by atoms with E-state index in [0.29, 0.717) is 29.8 Å². The van der Waals surface area contributed by atoms with Gasteiger partial charge in [-0.05, 0) is 30.3 Å². The molecule has 0 aliphatic rings. The predicted octanol–water partition coefficient (Wildman–Crippen LogP) is -0.0621. The molecule has 0 radical (unpaired) electrons. The predicted molar refractivity (Wildman–Crippen MR) is 73.2 cm³/mol. The third-order valence-electron chi connectivity index (χ3n) is 2.82. The van der Waals surface area contributed by atoms with Crippen LogP contribution >= 0.6 is 0 Å². The van der Waals surface area contributed by atoms with Crippen LogP contribution in [0.3, 0.4) is 0 Å². The second-order valence-corrected chi connectivity index (χ2v) is 4.24. The SMILES string of the molecule is CCOc1cc(-c2nnn(Cc3nnn[n-]3)n2)ccc1OC. The molecule has 0 aliphatic carbocycles. The molecule has 3 aromatic rings. The van der Waals surface area contributed by atoms with Crippen molar-refractivity contribution in [2.24, 2.45) is 0 Å². The minimum absolute atomic E-state index is 0.258. The van der Waals surface area contributed by atoms with Crippen LogP contribution in [0.2, 0.25) is 0 Å². The van der Waals surface area contributed by atoms with E-state index in [1.807, 2.05) is 19.1 Å². The molecule has 10 heteroatoms. The van der Waals surface area contributed by atoms with Crippen molar-refractivity contribution in [2.45, 2.75) is 13.5 Å². The third kappa shape index (κ3) is 2.85. The van der Waals surface area contributed by atoms with Gasteiger partial charge in [0.25, 0.3) is 0 Å². The van der Waals surface area contributed by atoms with Gasteiger partial charge in [-0.25, -0.2) is 0 Å². The number of hydrogen-bond acceptors (Lipinski definition) is 8. The van der Waals surface area contributed by atoms with Crippen LogP contribution in [-0.2, 0) is 6.54 Å². The van der Waals surface area contributed by atoms with E-state index in [0.717, 1.165) is 5.56 Å². The van der Waals surface area contributed by atoms with Crippen molar-refractivity contribution >= 4 is 0 Å². The molecule has 0 N–H and O–H groups in total. The zero-order valence-corrected chi connectivity index (χ0v) is 12.0. The molecule has 0 bridgehead atoms. The summed E-state index contributed by atoms with van der Waals surface area (Å²) in [4.78, 5) is 1.37. The highest BCUT2D eigenvalue weighted by atomic mass is 16.5. The summed E-state index contributed by atoms with van der Waals surface area (Å²) in [7, 11) is 1.59. The molecule has 1 aromatic carbocycles. The first-order valence-corrected chi connectivity index (χ1v) is 6.56. The van der Waals surface area contributed by atoms with Gasteiger partial charge >= 0.3 is 0 Å². The minimum atomic E-state index is 0.258. The van der Waals surface area contributed by atoms with E-state index in [1.54, 1.807) is 13.2 Å². The Morgan fingerprint density at radius 3 is 2.86 bits per heavy atom. The summed E-state index contributed by atoms with van der Waals surface area (Å²) in [6, 6.07) is 5.45. The molecule has 22 heavy (non-hydrogen) atoms. The number of methoxy groups -OCH3 is 1. The van der Waals surface area contributed by atoms with Crippen LogP contribution in [0.25, 0.3) is 11.4 Å². The van der Waals surface area contributed by atoms with Gasteiger partial charge in [0, 0.05) is 11.4 Å². The van der Waals surface area contributed by atoms with E-state index in [2.05, 4.69) is 36.0 Å². The Hall–Kier alpha value is -3.04. The van der Waals surface area contributed by atoms with Crippen molar-refractivity contribution < 1.29 is 9.47 Å².